The fraction of sp³-hybridized carbons (Fsp3) is 0.214. The van der Waals surface area contributed by atoms with Gasteiger partial charge in [0.25, 0.3) is 0 Å². The molecular formula is C14H13BrClNO3. The van der Waals surface area contributed by atoms with Crippen LogP contribution in [0.4, 0.5) is 5.69 Å². The van der Waals surface area contributed by atoms with Crippen molar-refractivity contribution in [3.05, 3.63) is 51.9 Å². The lowest BCUT2D eigenvalue weighted by Gasteiger charge is -2.27. The molecule has 0 saturated heterocycles. The van der Waals surface area contributed by atoms with E-state index < -0.39 is 11.5 Å². The van der Waals surface area contributed by atoms with Gasteiger partial charge in [0.15, 0.2) is 10.2 Å². The van der Waals surface area contributed by atoms with Gasteiger partial charge in [0, 0.05) is 10.7 Å². The first-order valence-electron chi connectivity index (χ1n) is 5.83. The Labute approximate surface area is 130 Å². The second-order valence-electron chi connectivity index (χ2n) is 4.35. The van der Waals surface area contributed by atoms with E-state index in [4.69, 9.17) is 20.8 Å². The highest BCUT2D eigenvalue weighted by molar-refractivity contribution is 9.10. The fourth-order valence-corrected chi connectivity index (χ4v) is 2.25. The molecule has 1 N–H and O–H groups in total. The van der Waals surface area contributed by atoms with Gasteiger partial charge in [0.1, 0.15) is 5.76 Å². The molecule has 0 fully saturated rings. The van der Waals surface area contributed by atoms with E-state index in [9.17, 15) is 4.79 Å². The van der Waals surface area contributed by atoms with Crippen LogP contribution in [0.5, 0.6) is 0 Å². The third kappa shape index (κ3) is 2.99. The summed E-state index contributed by atoms with van der Waals surface area (Å²) >= 11 is 9.08. The minimum Gasteiger partial charge on any atom is -0.467 e. The molecule has 0 spiro atoms. The fourth-order valence-electron chi connectivity index (χ4n) is 1.82. The summed E-state index contributed by atoms with van der Waals surface area (Å²) in [6, 6.07) is 10.5. The third-order valence-electron chi connectivity index (χ3n) is 2.90. The van der Waals surface area contributed by atoms with Crippen molar-refractivity contribution in [2.75, 3.05) is 12.4 Å². The maximum atomic E-state index is 12.1. The number of methoxy groups -OCH3 is 1. The van der Waals surface area contributed by atoms with E-state index in [0.717, 1.165) is 5.69 Å². The largest absolute Gasteiger partial charge is 0.467 e. The minimum atomic E-state index is -1.13. The molecule has 2 aromatic rings. The summed E-state index contributed by atoms with van der Waals surface area (Å²) in [5.74, 6) is 0.000440. The van der Waals surface area contributed by atoms with Crippen molar-refractivity contribution in [2.24, 2.45) is 0 Å². The Morgan fingerprint density at radius 3 is 2.45 bits per heavy atom. The first-order valence-corrected chi connectivity index (χ1v) is 7.01. The number of hydrogen-bond acceptors (Lipinski definition) is 4. The van der Waals surface area contributed by atoms with Crippen molar-refractivity contribution in [3.63, 3.8) is 0 Å². The summed E-state index contributed by atoms with van der Waals surface area (Å²) < 4.78 is 10.9. The molecular weight excluding hydrogens is 346 g/mol. The predicted octanol–water partition coefficient (Wildman–Crippen LogP) is 4.20. The van der Waals surface area contributed by atoms with Crippen LogP contribution < -0.4 is 5.32 Å². The molecule has 1 heterocycles. The number of hydrogen-bond donors (Lipinski definition) is 1. The number of furan rings is 1. The topological polar surface area (TPSA) is 51.5 Å². The number of carbonyl (C=O) groups excluding carboxylic acids is 1. The molecule has 20 heavy (non-hydrogen) atoms. The second kappa shape index (κ2) is 5.89. The minimum absolute atomic E-state index is 0.450. The molecule has 0 aliphatic carbocycles. The van der Waals surface area contributed by atoms with E-state index in [1.54, 1.807) is 43.3 Å². The molecule has 4 nitrogen and oxygen atoms in total. The van der Waals surface area contributed by atoms with E-state index in [2.05, 4.69) is 21.2 Å². The van der Waals surface area contributed by atoms with Crippen LogP contribution in [0.3, 0.4) is 0 Å². The number of benzene rings is 1. The van der Waals surface area contributed by atoms with Gasteiger partial charge in [-0.1, -0.05) is 11.6 Å². The van der Waals surface area contributed by atoms with Crippen LogP contribution in [0.2, 0.25) is 5.02 Å². The number of rotatable bonds is 4. The van der Waals surface area contributed by atoms with Crippen molar-refractivity contribution in [1.82, 2.24) is 0 Å². The molecule has 0 saturated carbocycles. The quantitative estimate of drug-likeness (QED) is 0.832. The van der Waals surface area contributed by atoms with Crippen LogP contribution in [0.15, 0.2) is 45.5 Å². The van der Waals surface area contributed by atoms with Gasteiger partial charge >= 0.3 is 5.97 Å². The molecule has 0 aliphatic rings. The van der Waals surface area contributed by atoms with E-state index in [0.29, 0.717) is 15.5 Å². The summed E-state index contributed by atoms with van der Waals surface area (Å²) in [5.41, 5.74) is -0.399. The molecule has 6 heteroatoms. The van der Waals surface area contributed by atoms with Crippen molar-refractivity contribution in [2.45, 2.75) is 12.5 Å². The monoisotopic (exact) mass is 357 g/mol. The summed E-state index contributed by atoms with van der Waals surface area (Å²) in [5, 5.41) is 3.74. The Bertz CT molecular complexity index is 611. The molecule has 0 aliphatic heterocycles. The van der Waals surface area contributed by atoms with E-state index in [-0.39, 0.29) is 0 Å². The van der Waals surface area contributed by atoms with Crippen LogP contribution in [-0.4, -0.2) is 13.1 Å². The Morgan fingerprint density at radius 1 is 1.30 bits per heavy atom. The van der Waals surface area contributed by atoms with Crippen LogP contribution >= 0.6 is 27.5 Å². The van der Waals surface area contributed by atoms with Crippen LogP contribution in [-0.2, 0) is 15.1 Å². The van der Waals surface area contributed by atoms with Crippen LogP contribution in [0, 0.1) is 0 Å². The number of esters is 1. The van der Waals surface area contributed by atoms with Gasteiger partial charge in [-0.2, -0.15) is 0 Å². The van der Waals surface area contributed by atoms with E-state index in [1.165, 1.54) is 7.11 Å². The molecule has 0 bridgehead atoms. The average Bonchev–Trinajstić information content (AvgIpc) is 2.87. The first kappa shape index (κ1) is 14.9. The van der Waals surface area contributed by atoms with Crippen molar-refractivity contribution in [1.29, 1.82) is 0 Å². The maximum absolute atomic E-state index is 12.1. The van der Waals surface area contributed by atoms with Crippen molar-refractivity contribution < 1.29 is 13.9 Å². The average molecular weight is 359 g/mol. The lowest BCUT2D eigenvalue weighted by atomic mass is 9.98. The van der Waals surface area contributed by atoms with Crippen molar-refractivity contribution in [3.8, 4) is 0 Å². The molecule has 1 aromatic carbocycles. The highest BCUT2D eigenvalue weighted by Crippen LogP contribution is 2.31. The summed E-state index contributed by atoms with van der Waals surface area (Å²) in [6.45, 7) is 1.69. The summed E-state index contributed by atoms with van der Waals surface area (Å²) in [7, 11) is 1.34. The zero-order chi connectivity index (χ0) is 14.8. The Morgan fingerprint density at radius 2 is 1.95 bits per heavy atom. The van der Waals surface area contributed by atoms with Gasteiger partial charge in [-0.05, 0) is 59.3 Å². The zero-order valence-electron chi connectivity index (χ0n) is 10.9. The molecule has 1 atom stereocenters. The number of anilines is 1. The molecule has 1 unspecified atom stereocenters. The van der Waals surface area contributed by atoms with Gasteiger partial charge in [-0.3, -0.25) is 0 Å². The van der Waals surface area contributed by atoms with Crippen LogP contribution in [0.1, 0.15) is 12.7 Å². The van der Waals surface area contributed by atoms with Crippen molar-refractivity contribution >= 4 is 39.2 Å². The van der Waals surface area contributed by atoms with Gasteiger partial charge < -0.3 is 14.5 Å². The maximum Gasteiger partial charge on any atom is 0.339 e. The Kier molecular flexibility index (Phi) is 4.40. The molecule has 2 rings (SSSR count). The van der Waals surface area contributed by atoms with Gasteiger partial charge in [0.2, 0.25) is 0 Å². The summed E-state index contributed by atoms with van der Waals surface area (Å²) in [6.07, 6.45) is 0. The highest BCUT2D eigenvalue weighted by atomic mass is 79.9. The Hall–Kier alpha value is -1.46. The summed E-state index contributed by atoms with van der Waals surface area (Å²) in [4.78, 5) is 12.1. The predicted molar refractivity (Wildman–Crippen MR) is 80.9 cm³/mol. The molecule has 0 radical (unpaired) electrons. The number of carbonyl (C=O) groups is 1. The molecule has 0 amide bonds. The lowest BCUT2D eigenvalue weighted by molar-refractivity contribution is -0.146. The highest BCUT2D eigenvalue weighted by Gasteiger charge is 2.39. The number of halogens is 2. The second-order valence-corrected chi connectivity index (χ2v) is 5.57. The third-order valence-corrected chi connectivity index (χ3v) is 3.58. The van der Waals surface area contributed by atoms with Gasteiger partial charge in [-0.15, -0.1) is 0 Å². The number of nitrogens with one attached hydrogen (secondary N) is 1. The molecule has 1 aromatic heterocycles. The standard InChI is InChI=1S/C14H13BrClNO3/c1-14(13(18)19-2,11-7-8-12(15)20-11)17-10-5-3-9(16)4-6-10/h3-8,17H,1-2H3. The van der Waals surface area contributed by atoms with Gasteiger partial charge in [-0.25, -0.2) is 4.79 Å². The van der Waals surface area contributed by atoms with E-state index >= 15 is 0 Å². The lowest BCUT2D eigenvalue weighted by Crippen LogP contribution is -2.41. The zero-order valence-corrected chi connectivity index (χ0v) is 13.3. The SMILES string of the molecule is COC(=O)C(C)(Nc1ccc(Cl)cc1)c1ccc(Br)o1. The van der Waals surface area contributed by atoms with Crippen LogP contribution in [0.25, 0.3) is 0 Å². The van der Waals surface area contributed by atoms with Gasteiger partial charge in [0.05, 0.1) is 7.11 Å². The first-order chi connectivity index (χ1) is 9.45. The molecule has 106 valence electrons. The normalized spacial score (nSPS) is 13.6. The number of ether oxygens (including phenoxy) is 1. The smallest absolute Gasteiger partial charge is 0.339 e. The van der Waals surface area contributed by atoms with E-state index in [1.807, 2.05) is 0 Å². The Balaban J connectivity index is 2.37.